The number of hydrogen-bond donors (Lipinski definition) is 3. The maximum Gasteiger partial charge on any atom is 0.404 e. The van der Waals surface area contributed by atoms with Gasteiger partial charge >= 0.3 is 6.09 Å². The van der Waals surface area contributed by atoms with Gasteiger partial charge in [0.25, 0.3) is 0 Å². The van der Waals surface area contributed by atoms with Crippen molar-refractivity contribution >= 4 is 6.09 Å². The molecule has 1 saturated heterocycles. The highest BCUT2D eigenvalue weighted by Gasteiger charge is 2.13. The molecule has 0 bridgehead atoms. The van der Waals surface area contributed by atoms with Gasteiger partial charge < -0.3 is 10.4 Å². The van der Waals surface area contributed by atoms with Crippen molar-refractivity contribution in [3.63, 3.8) is 0 Å². The van der Waals surface area contributed by atoms with Crippen molar-refractivity contribution in [1.82, 2.24) is 10.8 Å². The van der Waals surface area contributed by atoms with Crippen LogP contribution in [0.1, 0.15) is 12.8 Å². The Balaban J connectivity index is 2.25. The summed E-state index contributed by atoms with van der Waals surface area (Å²) in [6, 6.07) is -0.0671. The molecule has 0 spiro atoms. The van der Waals surface area contributed by atoms with Crippen LogP contribution in [0, 0.1) is 0 Å². The molecule has 1 heterocycles. The van der Waals surface area contributed by atoms with Crippen molar-refractivity contribution in [3.8, 4) is 0 Å². The van der Waals surface area contributed by atoms with Crippen molar-refractivity contribution in [2.75, 3.05) is 13.2 Å². The predicted molar refractivity (Wildman–Crippen MR) is 38.1 cm³/mol. The fourth-order valence-electron chi connectivity index (χ4n) is 1.02. The Morgan fingerprint density at radius 3 is 3.27 bits per heavy atom. The molecule has 64 valence electrons. The number of carbonyl (C=O) groups is 1. The molecule has 1 unspecified atom stereocenters. The van der Waals surface area contributed by atoms with Gasteiger partial charge in [0.05, 0.1) is 12.6 Å². The molecule has 1 atom stereocenters. The van der Waals surface area contributed by atoms with Gasteiger partial charge in [0.2, 0.25) is 0 Å². The van der Waals surface area contributed by atoms with E-state index in [-0.39, 0.29) is 6.04 Å². The van der Waals surface area contributed by atoms with E-state index in [1.165, 1.54) is 0 Å². The summed E-state index contributed by atoms with van der Waals surface area (Å²) in [5.74, 6) is 0. The highest BCUT2D eigenvalue weighted by molar-refractivity contribution is 5.64. The highest BCUT2D eigenvalue weighted by Crippen LogP contribution is 2.00. The molecule has 3 N–H and O–H groups in total. The fourth-order valence-corrected chi connectivity index (χ4v) is 1.02. The molecular weight excluding hydrogens is 148 g/mol. The second-order valence-corrected chi connectivity index (χ2v) is 2.49. The molecule has 1 amide bonds. The Bertz CT molecular complexity index is 132. The van der Waals surface area contributed by atoms with E-state index in [0.717, 1.165) is 19.4 Å². The summed E-state index contributed by atoms with van der Waals surface area (Å²) >= 11 is 0. The summed E-state index contributed by atoms with van der Waals surface area (Å²) < 4.78 is 0. The third-order valence-corrected chi connectivity index (χ3v) is 1.55. The molecule has 0 radical (unpaired) electrons. The van der Waals surface area contributed by atoms with Crippen LogP contribution in [-0.2, 0) is 4.84 Å². The minimum absolute atomic E-state index is 0.0671. The van der Waals surface area contributed by atoms with Crippen LogP contribution in [0.15, 0.2) is 0 Å². The molecule has 0 aromatic rings. The molecule has 1 aliphatic rings. The Morgan fingerprint density at radius 2 is 2.55 bits per heavy atom. The van der Waals surface area contributed by atoms with Gasteiger partial charge in [0.15, 0.2) is 0 Å². The standard InChI is InChI=1S/C6H12N2O3/c9-6(10)8-5-2-1-3-7-11-4-5/h5,7-8H,1-4H2,(H,9,10). The molecule has 5 heteroatoms. The molecule has 1 aliphatic heterocycles. The van der Waals surface area contributed by atoms with Crippen LogP contribution in [-0.4, -0.2) is 30.4 Å². The van der Waals surface area contributed by atoms with E-state index in [4.69, 9.17) is 9.94 Å². The number of rotatable bonds is 1. The van der Waals surface area contributed by atoms with E-state index in [0.29, 0.717) is 6.61 Å². The van der Waals surface area contributed by atoms with Crippen LogP contribution in [0.2, 0.25) is 0 Å². The van der Waals surface area contributed by atoms with E-state index >= 15 is 0 Å². The highest BCUT2D eigenvalue weighted by atomic mass is 16.6. The van der Waals surface area contributed by atoms with Gasteiger partial charge in [-0.25, -0.2) is 10.3 Å². The lowest BCUT2D eigenvalue weighted by Crippen LogP contribution is -2.36. The summed E-state index contributed by atoms with van der Waals surface area (Å²) in [5, 5.41) is 10.7. The number of hydrogen-bond acceptors (Lipinski definition) is 3. The molecule has 11 heavy (non-hydrogen) atoms. The van der Waals surface area contributed by atoms with Gasteiger partial charge in [-0.1, -0.05) is 0 Å². The Kier molecular flexibility index (Phi) is 3.13. The summed E-state index contributed by atoms with van der Waals surface area (Å²) in [7, 11) is 0. The average Bonchev–Trinajstić information content (AvgIpc) is 2.14. The lowest BCUT2D eigenvalue weighted by atomic mass is 10.2. The van der Waals surface area contributed by atoms with E-state index in [2.05, 4.69) is 10.8 Å². The van der Waals surface area contributed by atoms with Crippen molar-refractivity contribution in [1.29, 1.82) is 0 Å². The van der Waals surface area contributed by atoms with Gasteiger partial charge in [-0.15, -0.1) is 0 Å². The SMILES string of the molecule is O=C(O)NC1CCCNOC1. The lowest BCUT2D eigenvalue weighted by Gasteiger charge is -2.11. The quantitative estimate of drug-likeness (QED) is 0.502. The van der Waals surface area contributed by atoms with Gasteiger partial charge in [0.1, 0.15) is 0 Å². The normalized spacial score (nSPS) is 25.6. The maximum atomic E-state index is 10.2. The van der Waals surface area contributed by atoms with Crippen LogP contribution in [0.4, 0.5) is 4.79 Å². The summed E-state index contributed by atoms with van der Waals surface area (Å²) in [6.45, 7) is 1.20. The van der Waals surface area contributed by atoms with E-state index in [1.807, 2.05) is 0 Å². The minimum Gasteiger partial charge on any atom is -0.465 e. The average molecular weight is 160 g/mol. The van der Waals surface area contributed by atoms with Gasteiger partial charge in [-0.2, -0.15) is 0 Å². The smallest absolute Gasteiger partial charge is 0.404 e. The van der Waals surface area contributed by atoms with Crippen molar-refractivity contribution in [3.05, 3.63) is 0 Å². The maximum absolute atomic E-state index is 10.2. The Labute approximate surface area is 64.7 Å². The Morgan fingerprint density at radius 1 is 1.73 bits per heavy atom. The van der Waals surface area contributed by atoms with E-state index in [1.54, 1.807) is 0 Å². The third-order valence-electron chi connectivity index (χ3n) is 1.55. The molecule has 0 aliphatic carbocycles. The zero-order chi connectivity index (χ0) is 8.10. The van der Waals surface area contributed by atoms with Crippen LogP contribution in [0.3, 0.4) is 0 Å². The first-order chi connectivity index (χ1) is 5.29. The molecule has 0 saturated carbocycles. The number of amides is 1. The van der Waals surface area contributed by atoms with Gasteiger partial charge in [-0.05, 0) is 12.8 Å². The topological polar surface area (TPSA) is 70.6 Å². The number of hydroxylamine groups is 1. The van der Waals surface area contributed by atoms with E-state index < -0.39 is 6.09 Å². The third kappa shape index (κ3) is 3.20. The molecular formula is C6H12N2O3. The zero-order valence-corrected chi connectivity index (χ0v) is 6.17. The molecule has 0 aromatic heterocycles. The predicted octanol–water partition coefficient (Wildman–Crippen LogP) is -0.0624. The summed E-state index contributed by atoms with van der Waals surface area (Å²) in [4.78, 5) is 15.1. The first-order valence-corrected chi connectivity index (χ1v) is 3.63. The van der Waals surface area contributed by atoms with Crippen molar-refractivity contribution in [2.45, 2.75) is 18.9 Å². The van der Waals surface area contributed by atoms with Crippen LogP contribution >= 0.6 is 0 Å². The van der Waals surface area contributed by atoms with Crippen LogP contribution < -0.4 is 10.8 Å². The Hall–Kier alpha value is -0.810. The number of carboxylic acid groups (broad SMARTS) is 1. The van der Waals surface area contributed by atoms with Crippen molar-refractivity contribution < 1.29 is 14.7 Å². The van der Waals surface area contributed by atoms with E-state index in [9.17, 15) is 4.79 Å². The van der Waals surface area contributed by atoms with Crippen LogP contribution in [0.25, 0.3) is 0 Å². The second kappa shape index (κ2) is 4.15. The first-order valence-electron chi connectivity index (χ1n) is 3.63. The zero-order valence-electron chi connectivity index (χ0n) is 6.17. The molecule has 5 nitrogen and oxygen atoms in total. The summed E-state index contributed by atoms with van der Waals surface area (Å²) in [5.41, 5.74) is 2.72. The van der Waals surface area contributed by atoms with Crippen molar-refractivity contribution in [2.24, 2.45) is 0 Å². The molecule has 1 rings (SSSR count). The second-order valence-electron chi connectivity index (χ2n) is 2.49. The number of nitrogens with one attached hydrogen (secondary N) is 2. The lowest BCUT2D eigenvalue weighted by molar-refractivity contribution is 0.0411. The monoisotopic (exact) mass is 160 g/mol. The van der Waals surface area contributed by atoms with Gasteiger partial charge in [0, 0.05) is 6.54 Å². The van der Waals surface area contributed by atoms with Crippen LogP contribution in [0.5, 0.6) is 0 Å². The minimum atomic E-state index is -0.986. The first kappa shape index (κ1) is 8.29. The largest absolute Gasteiger partial charge is 0.465 e. The molecule has 1 fully saturated rings. The summed E-state index contributed by atoms with van der Waals surface area (Å²) in [6.07, 6.45) is 0.782. The van der Waals surface area contributed by atoms with Gasteiger partial charge in [-0.3, -0.25) is 4.84 Å². The fraction of sp³-hybridized carbons (Fsp3) is 0.833. The molecule has 0 aromatic carbocycles.